The molecule has 94 valence electrons. The van der Waals surface area contributed by atoms with E-state index >= 15 is 0 Å². The number of hydrogen-bond acceptors (Lipinski definition) is 3. The number of hydrogen-bond donors (Lipinski definition) is 3. The van der Waals surface area contributed by atoms with Crippen molar-refractivity contribution in [2.75, 3.05) is 12.3 Å². The highest BCUT2D eigenvalue weighted by Crippen LogP contribution is 2.12. The maximum atomic E-state index is 11.8. The molecule has 0 aliphatic heterocycles. The summed E-state index contributed by atoms with van der Waals surface area (Å²) in [6.45, 7) is 4.25. The molecule has 1 aromatic rings. The number of carbonyl (C=O) groups is 1. The first kappa shape index (κ1) is 13.5. The number of aryl methyl sites for hydroxylation is 1. The quantitative estimate of drug-likeness (QED) is 0.678. The molecule has 4 heteroatoms. The number of anilines is 1. The van der Waals surface area contributed by atoms with E-state index in [1.54, 1.807) is 18.2 Å². The van der Waals surface area contributed by atoms with Gasteiger partial charge in [0.25, 0.3) is 5.91 Å². The second-order valence-corrected chi connectivity index (χ2v) is 4.18. The largest absolute Gasteiger partial charge is 0.399 e. The van der Waals surface area contributed by atoms with Crippen LogP contribution in [0.25, 0.3) is 0 Å². The number of benzene rings is 1. The van der Waals surface area contributed by atoms with Gasteiger partial charge in [0.15, 0.2) is 0 Å². The minimum Gasteiger partial charge on any atom is -0.399 e. The van der Waals surface area contributed by atoms with Gasteiger partial charge in [-0.2, -0.15) is 0 Å². The Hall–Kier alpha value is -1.55. The number of carbonyl (C=O) groups excluding carboxylic acids is 1. The lowest BCUT2D eigenvalue weighted by Crippen LogP contribution is -2.27. The molecule has 4 N–H and O–H groups in total. The third kappa shape index (κ3) is 4.07. The molecule has 0 aromatic heterocycles. The van der Waals surface area contributed by atoms with Gasteiger partial charge in [-0.3, -0.25) is 4.79 Å². The van der Waals surface area contributed by atoms with Crippen LogP contribution in [0.5, 0.6) is 0 Å². The van der Waals surface area contributed by atoms with Gasteiger partial charge in [0.05, 0.1) is 6.10 Å². The molecule has 0 saturated heterocycles. The Kier molecular flexibility index (Phi) is 4.97. The Morgan fingerprint density at radius 2 is 2.24 bits per heavy atom. The number of nitrogens with two attached hydrogens (primary N) is 1. The molecule has 1 unspecified atom stereocenters. The average Bonchev–Trinajstić information content (AvgIpc) is 2.28. The Morgan fingerprint density at radius 3 is 2.82 bits per heavy atom. The third-order valence-corrected chi connectivity index (χ3v) is 2.73. The summed E-state index contributed by atoms with van der Waals surface area (Å²) in [5, 5.41) is 12.1. The molecule has 0 radical (unpaired) electrons. The van der Waals surface area contributed by atoms with Crippen LogP contribution in [0.4, 0.5) is 5.69 Å². The van der Waals surface area contributed by atoms with E-state index < -0.39 is 0 Å². The molecule has 1 atom stereocenters. The number of amides is 1. The van der Waals surface area contributed by atoms with Crippen LogP contribution in [0.1, 0.15) is 35.7 Å². The minimum absolute atomic E-state index is 0.120. The highest BCUT2D eigenvalue weighted by atomic mass is 16.3. The fourth-order valence-electron chi connectivity index (χ4n) is 1.59. The van der Waals surface area contributed by atoms with Gasteiger partial charge >= 0.3 is 0 Å². The van der Waals surface area contributed by atoms with E-state index in [-0.39, 0.29) is 12.0 Å². The summed E-state index contributed by atoms with van der Waals surface area (Å²) in [6, 6.07) is 5.20. The molecule has 1 rings (SSSR count). The van der Waals surface area contributed by atoms with Crippen molar-refractivity contribution in [1.82, 2.24) is 5.32 Å². The van der Waals surface area contributed by atoms with Gasteiger partial charge in [-0.15, -0.1) is 0 Å². The topological polar surface area (TPSA) is 75.3 Å². The summed E-state index contributed by atoms with van der Waals surface area (Å²) in [5.41, 5.74) is 7.76. The van der Waals surface area contributed by atoms with Crippen molar-refractivity contribution in [3.63, 3.8) is 0 Å². The number of nitrogens with one attached hydrogen (secondary N) is 1. The predicted octanol–water partition coefficient (Wildman–Crippen LogP) is 1.47. The van der Waals surface area contributed by atoms with E-state index in [1.807, 2.05) is 13.8 Å². The molecule has 0 spiro atoms. The molecule has 0 bridgehead atoms. The van der Waals surface area contributed by atoms with Gasteiger partial charge in [0.2, 0.25) is 0 Å². The second kappa shape index (κ2) is 6.25. The van der Waals surface area contributed by atoms with Gasteiger partial charge in [0, 0.05) is 17.8 Å². The van der Waals surface area contributed by atoms with Crippen molar-refractivity contribution >= 4 is 11.6 Å². The van der Waals surface area contributed by atoms with Gasteiger partial charge < -0.3 is 16.2 Å². The number of nitrogen functional groups attached to an aromatic ring is 1. The Morgan fingerprint density at radius 1 is 1.53 bits per heavy atom. The van der Waals surface area contributed by atoms with Gasteiger partial charge in [-0.05, 0) is 43.5 Å². The van der Waals surface area contributed by atoms with E-state index in [0.29, 0.717) is 30.6 Å². The SMILES string of the molecule is CCC(O)CCNC(=O)c1ccc(N)cc1C. The summed E-state index contributed by atoms with van der Waals surface area (Å²) in [5.74, 6) is -0.120. The zero-order valence-corrected chi connectivity index (χ0v) is 10.4. The van der Waals surface area contributed by atoms with E-state index in [0.717, 1.165) is 5.56 Å². The van der Waals surface area contributed by atoms with Crippen LogP contribution in [0.15, 0.2) is 18.2 Å². The van der Waals surface area contributed by atoms with Crippen molar-refractivity contribution in [3.8, 4) is 0 Å². The molecule has 0 fully saturated rings. The first-order chi connectivity index (χ1) is 8.04. The Balaban J connectivity index is 2.52. The Bertz CT molecular complexity index is 391. The molecule has 0 heterocycles. The molecule has 17 heavy (non-hydrogen) atoms. The monoisotopic (exact) mass is 236 g/mol. The lowest BCUT2D eigenvalue weighted by atomic mass is 10.1. The molecule has 1 aromatic carbocycles. The molecular weight excluding hydrogens is 216 g/mol. The minimum atomic E-state index is -0.345. The molecule has 4 nitrogen and oxygen atoms in total. The van der Waals surface area contributed by atoms with Crippen molar-refractivity contribution < 1.29 is 9.90 Å². The first-order valence-corrected chi connectivity index (χ1v) is 5.87. The van der Waals surface area contributed by atoms with E-state index in [4.69, 9.17) is 5.73 Å². The zero-order chi connectivity index (χ0) is 12.8. The van der Waals surface area contributed by atoms with E-state index in [2.05, 4.69) is 5.32 Å². The number of aliphatic hydroxyl groups is 1. The molecule has 0 aliphatic carbocycles. The molecule has 0 saturated carbocycles. The summed E-state index contributed by atoms with van der Waals surface area (Å²) in [4.78, 5) is 11.8. The van der Waals surface area contributed by atoms with Crippen LogP contribution in [-0.2, 0) is 0 Å². The highest BCUT2D eigenvalue weighted by molar-refractivity contribution is 5.95. The zero-order valence-electron chi connectivity index (χ0n) is 10.4. The first-order valence-electron chi connectivity index (χ1n) is 5.87. The normalized spacial score (nSPS) is 12.2. The fourth-order valence-corrected chi connectivity index (χ4v) is 1.59. The van der Waals surface area contributed by atoms with Gasteiger partial charge in [0.1, 0.15) is 0 Å². The van der Waals surface area contributed by atoms with E-state index in [1.165, 1.54) is 0 Å². The fraction of sp³-hybridized carbons (Fsp3) is 0.462. The van der Waals surface area contributed by atoms with E-state index in [9.17, 15) is 9.90 Å². The van der Waals surface area contributed by atoms with Gasteiger partial charge in [-0.1, -0.05) is 6.92 Å². The van der Waals surface area contributed by atoms with Crippen LogP contribution in [0, 0.1) is 6.92 Å². The van der Waals surface area contributed by atoms with Gasteiger partial charge in [-0.25, -0.2) is 0 Å². The van der Waals surface area contributed by atoms with Crippen molar-refractivity contribution in [3.05, 3.63) is 29.3 Å². The van der Waals surface area contributed by atoms with Crippen molar-refractivity contribution in [2.24, 2.45) is 0 Å². The predicted molar refractivity (Wildman–Crippen MR) is 68.8 cm³/mol. The lowest BCUT2D eigenvalue weighted by Gasteiger charge is -2.10. The number of aliphatic hydroxyl groups excluding tert-OH is 1. The Labute approximate surface area is 102 Å². The average molecular weight is 236 g/mol. The van der Waals surface area contributed by atoms with Crippen LogP contribution in [0.3, 0.4) is 0 Å². The summed E-state index contributed by atoms with van der Waals surface area (Å²) < 4.78 is 0. The summed E-state index contributed by atoms with van der Waals surface area (Å²) in [6.07, 6.45) is 0.940. The van der Waals surface area contributed by atoms with Crippen molar-refractivity contribution in [1.29, 1.82) is 0 Å². The molecular formula is C13H20N2O2. The third-order valence-electron chi connectivity index (χ3n) is 2.73. The standard InChI is InChI=1S/C13H20N2O2/c1-3-11(16)6-7-15-13(17)12-5-4-10(14)8-9(12)2/h4-5,8,11,16H,3,6-7,14H2,1-2H3,(H,15,17). The van der Waals surface area contributed by atoms with Crippen LogP contribution >= 0.6 is 0 Å². The smallest absolute Gasteiger partial charge is 0.251 e. The maximum Gasteiger partial charge on any atom is 0.251 e. The molecule has 0 aliphatic rings. The summed E-state index contributed by atoms with van der Waals surface area (Å²) >= 11 is 0. The summed E-state index contributed by atoms with van der Waals surface area (Å²) in [7, 11) is 0. The second-order valence-electron chi connectivity index (χ2n) is 4.18. The van der Waals surface area contributed by atoms with Crippen LogP contribution in [0.2, 0.25) is 0 Å². The van der Waals surface area contributed by atoms with Crippen LogP contribution in [-0.4, -0.2) is 23.7 Å². The van der Waals surface area contributed by atoms with Crippen LogP contribution < -0.4 is 11.1 Å². The van der Waals surface area contributed by atoms with Crippen molar-refractivity contribution in [2.45, 2.75) is 32.8 Å². The molecule has 1 amide bonds. The number of rotatable bonds is 5. The highest BCUT2D eigenvalue weighted by Gasteiger charge is 2.09. The maximum absolute atomic E-state index is 11.8. The lowest BCUT2D eigenvalue weighted by molar-refractivity contribution is 0.0941.